The first-order chi connectivity index (χ1) is 7.36. The molecular weight excluding hydrogens is 225 g/mol. The van der Waals surface area contributed by atoms with Crippen molar-refractivity contribution in [3.05, 3.63) is 23.8 Å². The number of aliphatic hydroxyl groups is 1. The van der Waals surface area contributed by atoms with Crippen LogP contribution in [-0.2, 0) is 6.42 Å². The van der Waals surface area contributed by atoms with Crippen LogP contribution < -0.4 is 9.47 Å². The normalized spacial score (nSPS) is 23.8. The summed E-state index contributed by atoms with van der Waals surface area (Å²) in [6, 6.07) is 4.23. The Labute approximate surface area is 89.4 Å². The summed E-state index contributed by atoms with van der Waals surface area (Å²) in [6.45, 7) is 0. The highest BCUT2D eigenvalue weighted by Gasteiger charge is 2.59. The Morgan fingerprint density at radius 1 is 1.44 bits per heavy atom. The monoisotopic (exact) mass is 234 g/mol. The van der Waals surface area contributed by atoms with Crippen molar-refractivity contribution in [3.8, 4) is 11.5 Å². The van der Waals surface area contributed by atoms with Gasteiger partial charge in [-0.15, -0.1) is 0 Å². The fraction of sp³-hybridized carbons (Fsp3) is 0.400. The Kier molecular flexibility index (Phi) is 2.27. The molecule has 1 N–H and O–H groups in total. The number of fused-ring (bicyclic) bond motifs is 1. The lowest BCUT2D eigenvalue weighted by molar-refractivity contribution is -0.327. The predicted octanol–water partition coefficient (Wildman–Crippen LogP) is 1.88. The van der Waals surface area contributed by atoms with E-state index in [1.54, 1.807) is 0 Å². The van der Waals surface area contributed by atoms with E-state index >= 15 is 0 Å². The van der Waals surface area contributed by atoms with E-state index in [9.17, 15) is 18.3 Å². The predicted molar refractivity (Wildman–Crippen MR) is 48.3 cm³/mol. The summed E-state index contributed by atoms with van der Waals surface area (Å²) >= 11 is 0. The van der Waals surface area contributed by atoms with E-state index in [4.69, 9.17) is 4.74 Å². The standard InChI is InChI=1S/C10H9F3O3/c1-15-7-2-3-8-6(4-7)5-9(14,16-8)10(11,12)13/h2-4,14H,5H2,1H3/t9-/m0/s1. The fourth-order valence-corrected chi connectivity index (χ4v) is 1.55. The van der Waals surface area contributed by atoms with Gasteiger partial charge in [0.2, 0.25) is 0 Å². The zero-order valence-electron chi connectivity index (χ0n) is 8.34. The molecule has 0 spiro atoms. The van der Waals surface area contributed by atoms with Crippen molar-refractivity contribution >= 4 is 0 Å². The van der Waals surface area contributed by atoms with Crippen molar-refractivity contribution in [2.75, 3.05) is 7.11 Å². The first-order valence-corrected chi connectivity index (χ1v) is 4.51. The van der Waals surface area contributed by atoms with Gasteiger partial charge in [0.25, 0.3) is 0 Å². The summed E-state index contributed by atoms with van der Waals surface area (Å²) < 4.78 is 46.9. The highest BCUT2D eigenvalue weighted by molar-refractivity contribution is 5.44. The number of benzene rings is 1. The van der Waals surface area contributed by atoms with Gasteiger partial charge in [-0.3, -0.25) is 0 Å². The Hall–Kier alpha value is -1.43. The summed E-state index contributed by atoms with van der Waals surface area (Å²) in [5.74, 6) is -2.67. The number of hydrogen-bond acceptors (Lipinski definition) is 3. The lowest BCUT2D eigenvalue weighted by Gasteiger charge is -2.24. The maximum Gasteiger partial charge on any atom is 0.455 e. The Morgan fingerprint density at radius 2 is 2.12 bits per heavy atom. The first kappa shape index (κ1) is 11.1. The molecule has 88 valence electrons. The number of ether oxygens (including phenoxy) is 2. The number of methoxy groups -OCH3 is 1. The van der Waals surface area contributed by atoms with Crippen LogP contribution in [0.3, 0.4) is 0 Å². The molecule has 0 saturated carbocycles. The molecular formula is C10H9F3O3. The zero-order valence-corrected chi connectivity index (χ0v) is 8.34. The maximum absolute atomic E-state index is 12.5. The quantitative estimate of drug-likeness (QED) is 0.806. The second-order valence-electron chi connectivity index (χ2n) is 3.53. The Bertz CT molecular complexity index is 416. The minimum Gasteiger partial charge on any atom is -0.497 e. The topological polar surface area (TPSA) is 38.7 Å². The molecule has 0 aliphatic carbocycles. The van der Waals surface area contributed by atoms with Crippen molar-refractivity contribution in [2.45, 2.75) is 18.4 Å². The van der Waals surface area contributed by atoms with E-state index in [1.807, 2.05) is 0 Å². The molecule has 0 unspecified atom stereocenters. The molecule has 6 heteroatoms. The van der Waals surface area contributed by atoms with Gasteiger partial charge in [0.1, 0.15) is 11.5 Å². The first-order valence-electron chi connectivity index (χ1n) is 4.51. The van der Waals surface area contributed by atoms with Crippen LogP contribution in [0, 0.1) is 0 Å². The van der Waals surface area contributed by atoms with Gasteiger partial charge in [-0.05, 0) is 18.2 Å². The third kappa shape index (κ3) is 1.59. The molecule has 0 aromatic heterocycles. The molecule has 16 heavy (non-hydrogen) atoms. The van der Waals surface area contributed by atoms with Crippen molar-refractivity contribution in [2.24, 2.45) is 0 Å². The van der Waals surface area contributed by atoms with Crippen LogP contribution in [0.2, 0.25) is 0 Å². The van der Waals surface area contributed by atoms with Crippen molar-refractivity contribution < 1.29 is 27.8 Å². The van der Waals surface area contributed by atoms with Crippen LogP contribution in [0.4, 0.5) is 13.2 Å². The van der Waals surface area contributed by atoms with Crippen LogP contribution in [0.5, 0.6) is 11.5 Å². The van der Waals surface area contributed by atoms with E-state index in [0.29, 0.717) is 5.75 Å². The molecule has 1 aliphatic heterocycles. The van der Waals surface area contributed by atoms with Gasteiger partial charge < -0.3 is 14.6 Å². The summed E-state index contributed by atoms with van der Waals surface area (Å²) in [6.07, 6.45) is -5.44. The summed E-state index contributed by atoms with van der Waals surface area (Å²) in [5, 5.41) is 9.32. The molecule has 0 radical (unpaired) electrons. The highest BCUT2D eigenvalue weighted by Crippen LogP contribution is 2.43. The SMILES string of the molecule is COc1ccc2c(c1)C[C@@](O)(C(F)(F)F)O2. The Balaban J connectivity index is 2.34. The average molecular weight is 234 g/mol. The average Bonchev–Trinajstić information content (AvgIpc) is 2.53. The maximum atomic E-state index is 12.5. The van der Waals surface area contributed by atoms with E-state index in [0.717, 1.165) is 0 Å². The molecule has 3 nitrogen and oxygen atoms in total. The van der Waals surface area contributed by atoms with E-state index in [-0.39, 0.29) is 11.3 Å². The summed E-state index contributed by atoms with van der Waals surface area (Å²) in [5.41, 5.74) is 0.277. The van der Waals surface area contributed by atoms with Crippen LogP contribution in [-0.4, -0.2) is 24.2 Å². The second kappa shape index (κ2) is 3.28. The number of rotatable bonds is 1. The highest BCUT2D eigenvalue weighted by atomic mass is 19.4. The molecule has 1 heterocycles. The third-order valence-corrected chi connectivity index (χ3v) is 2.42. The fourth-order valence-electron chi connectivity index (χ4n) is 1.55. The van der Waals surface area contributed by atoms with Gasteiger partial charge in [0.05, 0.1) is 13.5 Å². The van der Waals surface area contributed by atoms with Gasteiger partial charge in [-0.25, -0.2) is 0 Å². The van der Waals surface area contributed by atoms with Crippen LogP contribution in [0.15, 0.2) is 18.2 Å². The van der Waals surface area contributed by atoms with Gasteiger partial charge in [0.15, 0.2) is 0 Å². The summed E-state index contributed by atoms with van der Waals surface area (Å²) in [7, 11) is 1.41. The van der Waals surface area contributed by atoms with Crippen LogP contribution in [0.1, 0.15) is 5.56 Å². The molecule has 0 fully saturated rings. The van der Waals surface area contributed by atoms with Crippen molar-refractivity contribution in [1.82, 2.24) is 0 Å². The molecule has 1 aliphatic rings. The van der Waals surface area contributed by atoms with Crippen LogP contribution >= 0.6 is 0 Å². The molecule has 2 rings (SSSR count). The molecule has 0 amide bonds. The summed E-state index contributed by atoms with van der Waals surface area (Å²) in [4.78, 5) is 0. The minimum absolute atomic E-state index is 0.0284. The van der Waals surface area contributed by atoms with E-state index < -0.39 is 18.4 Å². The molecule has 1 aromatic carbocycles. The number of halogens is 3. The van der Waals surface area contributed by atoms with Crippen molar-refractivity contribution in [1.29, 1.82) is 0 Å². The largest absolute Gasteiger partial charge is 0.497 e. The lowest BCUT2D eigenvalue weighted by Crippen LogP contribution is -2.49. The molecule has 1 atom stereocenters. The third-order valence-electron chi connectivity index (χ3n) is 2.42. The Morgan fingerprint density at radius 3 is 2.69 bits per heavy atom. The van der Waals surface area contributed by atoms with Gasteiger partial charge in [-0.1, -0.05) is 0 Å². The van der Waals surface area contributed by atoms with Gasteiger partial charge in [0, 0.05) is 5.56 Å². The van der Waals surface area contributed by atoms with E-state index in [1.165, 1.54) is 25.3 Å². The second-order valence-corrected chi connectivity index (χ2v) is 3.53. The minimum atomic E-state index is -4.82. The molecule has 0 saturated heterocycles. The molecule has 0 bridgehead atoms. The van der Waals surface area contributed by atoms with E-state index in [2.05, 4.69) is 4.74 Å². The smallest absolute Gasteiger partial charge is 0.455 e. The van der Waals surface area contributed by atoms with Gasteiger partial charge >= 0.3 is 12.0 Å². The number of alkyl halides is 3. The van der Waals surface area contributed by atoms with Gasteiger partial charge in [-0.2, -0.15) is 13.2 Å². The van der Waals surface area contributed by atoms with Crippen molar-refractivity contribution in [3.63, 3.8) is 0 Å². The van der Waals surface area contributed by atoms with Crippen LogP contribution in [0.25, 0.3) is 0 Å². The lowest BCUT2D eigenvalue weighted by atomic mass is 10.1. The molecule has 1 aromatic rings. The zero-order chi connectivity index (χ0) is 12.0. The number of hydrogen-bond donors (Lipinski definition) is 1.